The lowest BCUT2D eigenvalue weighted by Crippen LogP contribution is -2.02. The molecule has 2 aromatic rings. The average molecular weight is 265 g/mol. The summed E-state index contributed by atoms with van der Waals surface area (Å²) in [6.45, 7) is 1.34. The van der Waals surface area contributed by atoms with Crippen molar-refractivity contribution in [1.82, 2.24) is 9.78 Å². The van der Waals surface area contributed by atoms with E-state index < -0.39 is 0 Å². The molecule has 0 unspecified atom stereocenters. The third-order valence-electron chi connectivity index (χ3n) is 2.75. The summed E-state index contributed by atoms with van der Waals surface area (Å²) in [6, 6.07) is 12.3. The molecule has 0 radical (unpaired) electrons. The van der Waals surface area contributed by atoms with Gasteiger partial charge in [-0.1, -0.05) is 41.9 Å². The maximum atomic E-state index is 6.11. The molecule has 4 heteroatoms. The monoisotopic (exact) mass is 264 g/mol. The van der Waals surface area contributed by atoms with Crippen LogP contribution in [0.2, 0.25) is 5.15 Å². The van der Waals surface area contributed by atoms with Crippen LogP contribution in [0.1, 0.15) is 17.7 Å². The van der Waals surface area contributed by atoms with Crippen molar-refractivity contribution in [1.29, 1.82) is 0 Å². The van der Waals surface area contributed by atoms with Crippen molar-refractivity contribution in [3.05, 3.63) is 52.8 Å². The number of ether oxygens (including phenoxy) is 1. The van der Waals surface area contributed by atoms with Crippen LogP contribution in [0, 0.1) is 0 Å². The number of nitrogens with zero attached hydrogens (tertiary/aromatic N) is 2. The van der Waals surface area contributed by atoms with Crippen LogP contribution >= 0.6 is 11.6 Å². The third kappa shape index (κ3) is 3.59. The maximum absolute atomic E-state index is 6.11. The number of aryl methyl sites for hydroxylation is 2. The lowest BCUT2D eigenvalue weighted by Gasteiger charge is -2.03. The molecular weight excluding hydrogens is 248 g/mol. The molecule has 0 fully saturated rings. The van der Waals surface area contributed by atoms with Crippen LogP contribution in [-0.4, -0.2) is 16.9 Å². The van der Waals surface area contributed by atoms with Gasteiger partial charge in [-0.25, -0.2) is 0 Å². The molecule has 0 bridgehead atoms. The molecule has 0 spiro atoms. The van der Waals surface area contributed by atoms with Crippen LogP contribution in [0.25, 0.3) is 0 Å². The normalized spacial score (nSPS) is 10.8. The smallest absolute Gasteiger partial charge is 0.127 e. The maximum Gasteiger partial charge on any atom is 0.127 e. The lowest BCUT2D eigenvalue weighted by molar-refractivity contribution is 0.180. The Bertz CT molecular complexity index is 482. The highest BCUT2D eigenvalue weighted by atomic mass is 35.5. The predicted octanol–water partition coefficient (Wildman–Crippen LogP) is 3.32. The minimum absolute atomic E-state index is 0.505. The summed E-state index contributed by atoms with van der Waals surface area (Å²) in [5.41, 5.74) is 2.22. The van der Waals surface area contributed by atoms with E-state index in [1.54, 1.807) is 7.11 Å². The van der Waals surface area contributed by atoms with Crippen LogP contribution in [0.4, 0.5) is 0 Å². The molecule has 0 amide bonds. The standard InChI is InChI=1S/C14H17ClN2O/c1-18-11-13-10-14(15)17(16-13)9-5-8-12-6-3-2-4-7-12/h2-4,6-7,10H,5,8-9,11H2,1H3. The van der Waals surface area contributed by atoms with E-state index in [1.165, 1.54) is 5.56 Å². The molecule has 18 heavy (non-hydrogen) atoms. The van der Waals surface area contributed by atoms with Gasteiger partial charge >= 0.3 is 0 Å². The van der Waals surface area contributed by atoms with Crippen molar-refractivity contribution in [2.75, 3.05) is 7.11 Å². The van der Waals surface area contributed by atoms with Crippen LogP contribution in [0.15, 0.2) is 36.4 Å². The minimum Gasteiger partial charge on any atom is -0.378 e. The Balaban J connectivity index is 1.86. The summed E-state index contributed by atoms with van der Waals surface area (Å²) < 4.78 is 6.87. The second-order valence-electron chi connectivity index (χ2n) is 4.20. The summed E-state index contributed by atoms with van der Waals surface area (Å²) in [4.78, 5) is 0. The third-order valence-corrected chi connectivity index (χ3v) is 3.06. The molecule has 0 N–H and O–H groups in total. The molecule has 0 aliphatic carbocycles. The van der Waals surface area contributed by atoms with E-state index in [-0.39, 0.29) is 0 Å². The van der Waals surface area contributed by atoms with Gasteiger partial charge in [0.2, 0.25) is 0 Å². The Hall–Kier alpha value is -1.32. The molecule has 1 aromatic carbocycles. The number of hydrogen-bond donors (Lipinski definition) is 0. The fourth-order valence-electron chi connectivity index (χ4n) is 1.90. The first-order valence-electron chi connectivity index (χ1n) is 6.04. The Morgan fingerprint density at radius 3 is 2.78 bits per heavy atom. The Labute approximate surface area is 112 Å². The minimum atomic E-state index is 0.505. The van der Waals surface area contributed by atoms with Gasteiger partial charge in [0.15, 0.2) is 0 Å². The van der Waals surface area contributed by atoms with Crippen LogP contribution in [0.3, 0.4) is 0 Å². The fraction of sp³-hybridized carbons (Fsp3) is 0.357. The van der Waals surface area contributed by atoms with E-state index in [1.807, 2.05) is 16.8 Å². The summed E-state index contributed by atoms with van der Waals surface area (Å²) in [5, 5.41) is 5.07. The van der Waals surface area contributed by atoms with Gasteiger partial charge in [0.1, 0.15) is 5.15 Å². The van der Waals surface area contributed by atoms with Gasteiger partial charge in [0.25, 0.3) is 0 Å². The molecule has 0 aliphatic rings. The number of benzene rings is 1. The topological polar surface area (TPSA) is 27.1 Å². The van der Waals surface area contributed by atoms with Gasteiger partial charge in [-0.15, -0.1) is 0 Å². The van der Waals surface area contributed by atoms with Crippen LogP contribution in [-0.2, 0) is 24.3 Å². The molecule has 96 valence electrons. The number of methoxy groups -OCH3 is 1. The summed E-state index contributed by atoms with van der Waals surface area (Å²) >= 11 is 6.11. The second kappa shape index (κ2) is 6.57. The van der Waals surface area contributed by atoms with Gasteiger partial charge in [-0.05, 0) is 18.4 Å². The van der Waals surface area contributed by atoms with E-state index >= 15 is 0 Å². The second-order valence-corrected chi connectivity index (χ2v) is 4.59. The van der Waals surface area contributed by atoms with Crippen LogP contribution < -0.4 is 0 Å². The zero-order chi connectivity index (χ0) is 12.8. The Morgan fingerprint density at radius 1 is 1.28 bits per heavy atom. The summed E-state index contributed by atoms with van der Waals surface area (Å²) in [7, 11) is 1.66. The van der Waals surface area contributed by atoms with Gasteiger partial charge < -0.3 is 4.74 Å². The molecule has 1 aromatic heterocycles. The highest BCUT2D eigenvalue weighted by Gasteiger charge is 2.05. The largest absolute Gasteiger partial charge is 0.378 e. The van der Waals surface area contributed by atoms with Gasteiger partial charge in [0.05, 0.1) is 12.3 Å². The van der Waals surface area contributed by atoms with E-state index in [9.17, 15) is 0 Å². The quantitative estimate of drug-likeness (QED) is 0.800. The van der Waals surface area contributed by atoms with Crippen LogP contribution in [0.5, 0.6) is 0 Å². The summed E-state index contributed by atoms with van der Waals surface area (Å²) in [5.74, 6) is 0. The number of aromatic nitrogens is 2. The van der Waals surface area contributed by atoms with Crippen molar-refractivity contribution < 1.29 is 4.74 Å². The van der Waals surface area contributed by atoms with E-state index in [2.05, 4.69) is 29.4 Å². The van der Waals surface area contributed by atoms with Crippen molar-refractivity contribution in [3.63, 3.8) is 0 Å². The van der Waals surface area contributed by atoms with Gasteiger partial charge in [0, 0.05) is 19.7 Å². The van der Waals surface area contributed by atoms with Crippen molar-refractivity contribution in [2.24, 2.45) is 0 Å². The first-order chi connectivity index (χ1) is 8.79. The number of rotatable bonds is 6. The van der Waals surface area contributed by atoms with Crippen molar-refractivity contribution >= 4 is 11.6 Å². The molecule has 0 aliphatic heterocycles. The number of halogens is 1. The lowest BCUT2D eigenvalue weighted by atomic mass is 10.1. The van der Waals surface area contributed by atoms with Crippen molar-refractivity contribution in [2.45, 2.75) is 26.0 Å². The highest BCUT2D eigenvalue weighted by Crippen LogP contribution is 2.13. The molecular formula is C14H17ClN2O. The SMILES string of the molecule is COCc1cc(Cl)n(CCCc2ccccc2)n1. The molecule has 1 heterocycles. The number of hydrogen-bond acceptors (Lipinski definition) is 2. The molecule has 0 saturated heterocycles. The first-order valence-corrected chi connectivity index (χ1v) is 6.42. The Kier molecular flexibility index (Phi) is 4.79. The van der Waals surface area contributed by atoms with E-state index in [0.29, 0.717) is 11.8 Å². The zero-order valence-electron chi connectivity index (χ0n) is 10.5. The van der Waals surface area contributed by atoms with E-state index in [4.69, 9.17) is 16.3 Å². The molecule has 0 saturated carbocycles. The first kappa shape index (κ1) is 13.1. The van der Waals surface area contributed by atoms with Gasteiger partial charge in [-0.3, -0.25) is 4.68 Å². The molecule has 3 nitrogen and oxygen atoms in total. The molecule has 2 rings (SSSR count). The predicted molar refractivity (Wildman–Crippen MR) is 72.7 cm³/mol. The van der Waals surface area contributed by atoms with Gasteiger partial charge in [-0.2, -0.15) is 5.10 Å². The van der Waals surface area contributed by atoms with Crippen molar-refractivity contribution in [3.8, 4) is 0 Å². The zero-order valence-corrected chi connectivity index (χ0v) is 11.2. The molecule has 0 atom stereocenters. The Morgan fingerprint density at radius 2 is 2.06 bits per heavy atom. The fourth-order valence-corrected chi connectivity index (χ4v) is 2.14. The highest BCUT2D eigenvalue weighted by molar-refractivity contribution is 6.29. The van der Waals surface area contributed by atoms with E-state index in [0.717, 1.165) is 25.1 Å². The average Bonchev–Trinajstić information content (AvgIpc) is 2.72. The summed E-state index contributed by atoms with van der Waals surface area (Å²) in [6.07, 6.45) is 2.06.